The van der Waals surface area contributed by atoms with Crippen LogP contribution in [0.1, 0.15) is 27.3 Å². The lowest BCUT2D eigenvalue weighted by Crippen LogP contribution is -2.24. The number of carbonyl (C=O) groups excluding carboxylic acids is 1. The number of rotatable bonds is 4. The molecule has 0 saturated heterocycles. The van der Waals surface area contributed by atoms with Gasteiger partial charge in [-0.1, -0.05) is 0 Å². The Morgan fingerprint density at radius 2 is 2.05 bits per heavy atom. The van der Waals surface area contributed by atoms with Crippen molar-refractivity contribution < 1.29 is 9.53 Å². The standard InChI is InChI=1S/C16H19N3O2/c1-10-4-6-14(11(2)19-10)16(20)18-9-12-8-13(17)5-7-15(12)21-3/h4-8H,9,17H2,1-3H3,(H,18,20). The minimum Gasteiger partial charge on any atom is -0.496 e. The van der Waals surface area contributed by atoms with Crippen molar-refractivity contribution in [1.82, 2.24) is 10.3 Å². The number of amides is 1. The van der Waals surface area contributed by atoms with Gasteiger partial charge in [0.1, 0.15) is 5.75 Å². The van der Waals surface area contributed by atoms with Gasteiger partial charge in [0.15, 0.2) is 0 Å². The van der Waals surface area contributed by atoms with Crippen LogP contribution in [0.2, 0.25) is 0 Å². The van der Waals surface area contributed by atoms with Crippen LogP contribution in [0.25, 0.3) is 0 Å². The predicted octanol–water partition coefficient (Wildman–Crippen LogP) is 2.22. The number of nitrogens with two attached hydrogens (primary N) is 1. The van der Waals surface area contributed by atoms with Crippen LogP contribution in [-0.4, -0.2) is 18.0 Å². The molecule has 0 spiro atoms. The number of methoxy groups -OCH3 is 1. The molecule has 2 aromatic rings. The average Bonchev–Trinajstić information content (AvgIpc) is 2.45. The van der Waals surface area contributed by atoms with Crippen LogP contribution >= 0.6 is 0 Å². The molecule has 1 aromatic heterocycles. The number of nitrogen functional groups attached to an aromatic ring is 1. The molecular weight excluding hydrogens is 266 g/mol. The molecule has 0 bridgehead atoms. The van der Waals surface area contributed by atoms with Crippen molar-refractivity contribution in [3.63, 3.8) is 0 Å². The number of nitrogens with zero attached hydrogens (tertiary/aromatic N) is 1. The smallest absolute Gasteiger partial charge is 0.253 e. The van der Waals surface area contributed by atoms with Gasteiger partial charge in [-0.15, -0.1) is 0 Å². The van der Waals surface area contributed by atoms with E-state index in [1.807, 2.05) is 19.9 Å². The summed E-state index contributed by atoms with van der Waals surface area (Å²) in [6.45, 7) is 4.07. The van der Waals surface area contributed by atoms with Crippen molar-refractivity contribution in [3.05, 3.63) is 52.8 Å². The van der Waals surface area contributed by atoms with E-state index >= 15 is 0 Å². The first kappa shape index (κ1) is 14.8. The lowest BCUT2D eigenvalue weighted by atomic mass is 10.1. The summed E-state index contributed by atoms with van der Waals surface area (Å²) in [6.07, 6.45) is 0. The van der Waals surface area contributed by atoms with Gasteiger partial charge in [-0.2, -0.15) is 0 Å². The van der Waals surface area contributed by atoms with Gasteiger partial charge in [-0.25, -0.2) is 0 Å². The highest BCUT2D eigenvalue weighted by molar-refractivity contribution is 5.95. The third kappa shape index (κ3) is 3.51. The van der Waals surface area contributed by atoms with E-state index < -0.39 is 0 Å². The third-order valence-corrected chi connectivity index (χ3v) is 3.21. The molecule has 0 fully saturated rings. The normalized spacial score (nSPS) is 10.2. The minimum atomic E-state index is -0.163. The van der Waals surface area contributed by atoms with E-state index in [0.717, 1.165) is 11.3 Å². The number of hydrogen-bond acceptors (Lipinski definition) is 4. The second kappa shape index (κ2) is 6.26. The Morgan fingerprint density at radius 3 is 2.71 bits per heavy atom. The van der Waals surface area contributed by atoms with Gasteiger partial charge in [-0.3, -0.25) is 9.78 Å². The van der Waals surface area contributed by atoms with E-state index in [9.17, 15) is 4.79 Å². The van der Waals surface area contributed by atoms with Crippen LogP contribution in [0.5, 0.6) is 5.75 Å². The molecule has 21 heavy (non-hydrogen) atoms. The summed E-state index contributed by atoms with van der Waals surface area (Å²) in [5.74, 6) is 0.535. The van der Waals surface area contributed by atoms with Gasteiger partial charge < -0.3 is 15.8 Å². The first-order valence-corrected chi connectivity index (χ1v) is 6.66. The molecule has 1 amide bonds. The Balaban J connectivity index is 2.12. The van der Waals surface area contributed by atoms with Gasteiger partial charge >= 0.3 is 0 Å². The van der Waals surface area contributed by atoms with Gasteiger partial charge in [0.05, 0.1) is 18.4 Å². The molecular formula is C16H19N3O2. The van der Waals surface area contributed by atoms with E-state index in [1.54, 1.807) is 31.4 Å². The summed E-state index contributed by atoms with van der Waals surface area (Å²) >= 11 is 0. The summed E-state index contributed by atoms with van der Waals surface area (Å²) < 4.78 is 5.26. The Bertz CT molecular complexity index is 669. The summed E-state index contributed by atoms with van der Waals surface area (Å²) in [4.78, 5) is 16.5. The molecule has 1 aromatic carbocycles. The van der Waals surface area contributed by atoms with Gasteiger partial charge in [0.2, 0.25) is 0 Å². The molecule has 3 N–H and O–H groups in total. The second-order valence-corrected chi connectivity index (χ2v) is 4.84. The summed E-state index contributed by atoms with van der Waals surface area (Å²) in [6, 6.07) is 8.94. The third-order valence-electron chi connectivity index (χ3n) is 3.21. The largest absolute Gasteiger partial charge is 0.496 e. The Labute approximate surface area is 124 Å². The van der Waals surface area contributed by atoms with Gasteiger partial charge in [0, 0.05) is 23.5 Å². The molecule has 0 aliphatic carbocycles. The van der Waals surface area contributed by atoms with E-state index in [1.165, 1.54) is 0 Å². The zero-order chi connectivity index (χ0) is 15.4. The van der Waals surface area contributed by atoms with E-state index in [4.69, 9.17) is 10.5 Å². The van der Waals surface area contributed by atoms with E-state index in [-0.39, 0.29) is 5.91 Å². The SMILES string of the molecule is COc1ccc(N)cc1CNC(=O)c1ccc(C)nc1C. The minimum absolute atomic E-state index is 0.163. The molecule has 0 aliphatic rings. The fourth-order valence-corrected chi connectivity index (χ4v) is 2.13. The van der Waals surface area contributed by atoms with Crippen LogP contribution in [0.15, 0.2) is 30.3 Å². The molecule has 0 aliphatic heterocycles. The number of hydrogen-bond donors (Lipinski definition) is 2. The first-order chi connectivity index (χ1) is 10.0. The quantitative estimate of drug-likeness (QED) is 0.844. The predicted molar refractivity (Wildman–Crippen MR) is 82.3 cm³/mol. The van der Waals surface area contributed by atoms with E-state index in [0.29, 0.717) is 29.2 Å². The molecule has 2 rings (SSSR count). The van der Waals surface area contributed by atoms with Crippen LogP contribution in [0.4, 0.5) is 5.69 Å². The fourth-order valence-electron chi connectivity index (χ4n) is 2.13. The number of aryl methyl sites for hydroxylation is 2. The summed E-state index contributed by atoms with van der Waals surface area (Å²) in [5, 5.41) is 2.86. The van der Waals surface area contributed by atoms with E-state index in [2.05, 4.69) is 10.3 Å². The van der Waals surface area contributed by atoms with Crippen molar-refractivity contribution in [2.24, 2.45) is 0 Å². The maximum Gasteiger partial charge on any atom is 0.253 e. The maximum absolute atomic E-state index is 12.2. The number of aromatic nitrogens is 1. The molecule has 0 atom stereocenters. The highest BCUT2D eigenvalue weighted by Crippen LogP contribution is 2.21. The van der Waals surface area contributed by atoms with Crippen LogP contribution in [0.3, 0.4) is 0 Å². The van der Waals surface area contributed by atoms with Crippen LogP contribution in [0, 0.1) is 13.8 Å². The molecule has 110 valence electrons. The number of carbonyl (C=O) groups is 1. The van der Waals surface area contributed by atoms with Crippen LogP contribution < -0.4 is 15.8 Å². The highest BCUT2D eigenvalue weighted by atomic mass is 16.5. The number of pyridine rings is 1. The van der Waals surface area contributed by atoms with Crippen molar-refractivity contribution >= 4 is 11.6 Å². The molecule has 1 heterocycles. The zero-order valence-corrected chi connectivity index (χ0v) is 12.4. The average molecular weight is 285 g/mol. The molecule has 0 radical (unpaired) electrons. The van der Waals surface area contributed by atoms with Crippen molar-refractivity contribution in [3.8, 4) is 5.75 Å². The van der Waals surface area contributed by atoms with Crippen molar-refractivity contribution in [1.29, 1.82) is 0 Å². The zero-order valence-electron chi connectivity index (χ0n) is 12.4. The number of ether oxygens (including phenoxy) is 1. The van der Waals surface area contributed by atoms with Crippen molar-refractivity contribution in [2.75, 3.05) is 12.8 Å². The Kier molecular flexibility index (Phi) is 4.42. The summed E-state index contributed by atoms with van der Waals surface area (Å²) in [5.41, 5.74) is 9.41. The first-order valence-electron chi connectivity index (χ1n) is 6.66. The second-order valence-electron chi connectivity index (χ2n) is 4.84. The Hall–Kier alpha value is -2.56. The maximum atomic E-state index is 12.2. The highest BCUT2D eigenvalue weighted by Gasteiger charge is 2.11. The van der Waals surface area contributed by atoms with Gasteiger partial charge in [-0.05, 0) is 44.2 Å². The van der Waals surface area contributed by atoms with Crippen molar-refractivity contribution in [2.45, 2.75) is 20.4 Å². The molecule has 0 saturated carbocycles. The monoisotopic (exact) mass is 285 g/mol. The molecule has 5 heteroatoms. The van der Waals surface area contributed by atoms with Gasteiger partial charge in [0.25, 0.3) is 5.91 Å². The number of anilines is 1. The van der Waals surface area contributed by atoms with Crippen LogP contribution in [-0.2, 0) is 6.54 Å². The summed E-state index contributed by atoms with van der Waals surface area (Å²) in [7, 11) is 1.59. The molecule has 0 unspecified atom stereocenters. The lowest BCUT2D eigenvalue weighted by Gasteiger charge is -2.11. The Morgan fingerprint density at radius 1 is 1.29 bits per heavy atom. The topological polar surface area (TPSA) is 77.2 Å². The number of nitrogens with one attached hydrogen (secondary N) is 1. The lowest BCUT2D eigenvalue weighted by molar-refractivity contribution is 0.0949. The molecule has 5 nitrogen and oxygen atoms in total. The fraction of sp³-hybridized carbons (Fsp3) is 0.250. The number of benzene rings is 1.